The van der Waals surface area contributed by atoms with Gasteiger partial charge < -0.3 is 25.0 Å². The average Bonchev–Trinajstić information content (AvgIpc) is 3.39. The van der Waals surface area contributed by atoms with Crippen molar-refractivity contribution in [1.82, 2.24) is 5.32 Å². The molecule has 0 spiro atoms. The van der Waals surface area contributed by atoms with E-state index in [1.807, 2.05) is 42.8 Å². The maximum absolute atomic E-state index is 13.0. The minimum atomic E-state index is -1.03. The van der Waals surface area contributed by atoms with E-state index in [1.54, 1.807) is 23.5 Å². The maximum atomic E-state index is 13.0. The Labute approximate surface area is 210 Å². The van der Waals surface area contributed by atoms with Gasteiger partial charge in [0.15, 0.2) is 0 Å². The monoisotopic (exact) mass is 499 g/mol. The number of amides is 2. The van der Waals surface area contributed by atoms with Crippen molar-refractivity contribution in [2.75, 3.05) is 55.6 Å². The molecule has 8 heteroatoms. The fourth-order valence-electron chi connectivity index (χ4n) is 4.02. The van der Waals surface area contributed by atoms with E-state index in [0.717, 1.165) is 39.8 Å². The summed E-state index contributed by atoms with van der Waals surface area (Å²) in [5, 5.41) is 6.04. The van der Waals surface area contributed by atoms with Gasteiger partial charge in [0.2, 0.25) is 5.79 Å². The van der Waals surface area contributed by atoms with E-state index in [2.05, 4.69) is 53.7 Å². The summed E-state index contributed by atoms with van der Waals surface area (Å²) in [5.41, 5.74) is 2.79. The Kier molecular flexibility index (Phi) is 7.82. The maximum Gasteiger partial charge on any atom is 0.319 e. The molecule has 2 aliphatic heterocycles. The summed E-state index contributed by atoms with van der Waals surface area (Å²) in [4.78, 5) is 17.3. The van der Waals surface area contributed by atoms with Crippen LogP contribution in [0.1, 0.15) is 19.4 Å². The van der Waals surface area contributed by atoms with E-state index in [4.69, 9.17) is 9.47 Å². The Morgan fingerprint density at radius 3 is 2.12 bits per heavy atom. The van der Waals surface area contributed by atoms with Crippen molar-refractivity contribution >= 4 is 40.9 Å². The van der Waals surface area contributed by atoms with E-state index in [9.17, 15) is 4.79 Å². The Morgan fingerprint density at radius 2 is 1.56 bits per heavy atom. The zero-order valence-corrected chi connectivity index (χ0v) is 21.9. The van der Waals surface area contributed by atoms with Crippen molar-refractivity contribution in [3.63, 3.8) is 0 Å². The highest BCUT2D eigenvalue weighted by Crippen LogP contribution is 2.37. The molecule has 0 aromatic heterocycles. The lowest BCUT2D eigenvalue weighted by Gasteiger charge is -2.43. The predicted molar refractivity (Wildman–Crippen MR) is 142 cm³/mol. The minimum absolute atomic E-state index is 0.0859. The summed E-state index contributed by atoms with van der Waals surface area (Å²) < 4.78 is 12.6. The number of nitrogens with zero attached hydrogens (tertiary/aromatic N) is 1. The van der Waals surface area contributed by atoms with Crippen molar-refractivity contribution in [2.45, 2.75) is 29.4 Å². The third-order valence-corrected chi connectivity index (χ3v) is 7.59. The average molecular weight is 500 g/mol. The molecule has 2 heterocycles. The number of hydrogen-bond acceptors (Lipinski definition) is 6. The van der Waals surface area contributed by atoms with Crippen molar-refractivity contribution in [3.8, 4) is 0 Å². The fourth-order valence-corrected chi connectivity index (χ4v) is 5.25. The summed E-state index contributed by atoms with van der Waals surface area (Å²) in [6.45, 7) is 7.36. The summed E-state index contributed by atoms with van der Waals surface area (Å²) >= 11 is 3.21. The third-order valence-electron chi connectivity index (χ3n) is 6.03. The molecule has 4 rings (SSSR count). The topological polar surface area (TPSA) is 62.8 Å². The zero-order valence-electron chi connectivity index (χ0n) is 20.2. The zero-order chi connectivity index (χ0) is 24.2. The van der Waals surface area contributed by atoms with E-state index >= 15 is 0 Å². The fraction of sp³-hybridized carbons (Fsp3) is 0.423. The van der Waals surface area contributed by atoms with Crippen LogP contribution in [-0.4, -0.2) is 51.4 Å². The lowest BCUT2D eigenvalue weighted by Crippen LogP contribution is -2.52. The van der Waals surface area contributed by atoms with Gasteiger partial charge in [0.1, 0.15) is 0 Å². The Morgan fingerprint density at radius 1 is 0.971 bits per heavy atom. The lowest BCUT2D eigenvalue weighted by atomic mass is 9.93. The number of urea groups is 1. The second-order valence-electron chi connectivity index (χ2n) is 9.26. The van der Waals surface area contributed by atoms with Gasteiger partial charge in [-0.15, -0.1) is 23.5 Å². The SMILES string of the molecule is CSc1cccc(SC)c1NC(=O)NCC1(c2ccc(N3CC=CC3)cc2)OCC(C)(C)CO1. The molecule has 6 nitrogen and oxygen atoms in total. The first-order valence-electron chi connectivity index (χ1n) is 11.4. The number of rotatable bonds is 7. The largest absolute Gasteiger partial charge is 0.364 e. The summed E-state index contributed by atoms with van der Waals surface area (Å²) in [6, 6.07) is 14.0. The molecule has 0 bridgehead atoms. The lowest BCUT2D eigenvalue weighted by molar-refractivity contribution is -0.303. The van der Waals surface area contributed by atoms with Gasteiger partial charge in [0.25, 0.3) is 0 Å². The number of anilines is 2. The highest BCUT2D eigenvalue weighted by atomic mass is 32.2. The molecule has 2 aliphatic rings. The highest BCUT2D eigenvalue weighted by Gasteiger charge is 2.42. The van der Waals surface area contributed by atoms with Gasteiger partial charge in [-0.25, -0.2) is 4.79 Å². The van der Waals surface area contributed by atoms with Crippen molar-refractivity contribution in [2.24, 2.45) is 5.41 Å². The van der Waals surface area contributed by atoms with E-state index < -0.39 is 5.79 Å². The van der Waals surface area contributed by atoms with Crippen LogP contribution < -0.4 is 15.5 Å². The molecule has 1 fully saturated rings. The highest BCUT2D eigenvalue weighted by molar-refractivity contribution is 7.99. The van der Waals surface area contributed by atoms with Crippen LogP contribution in [-0.2, 0) is 15.3 Å². The molecule has 0 radical (unpaired) electrons. The normalized spacial score (nSPS) is 18.6. The molecule has 0 atom stereocenters. The second kappa shape index (κ2) is 10.6. The van der Waals surface area contributed by atoms with Crippen LogP contribution in [0.5, 0.6) is 0 Å². The van der Waals surface area contributed by atoms with Crippen LogP contribution in [0.25, 0.3) is 0 Å². The number of ether oxygens (including phenoxy) is 2. The summed E-state index contributed by atoms with van der Waals surface area (Å²) in [7, 11) is 0. The van der Waals surface area contributed by atoms with Gasteiger partial charge in [0.05, 0.1) is 25.4 Å². The van der Waals surface area contributed by atoms with Crippen LogP contribution in [0, 0.1) is 5.41 Å². The van der Waals surface area contributed by atoms with Gasteiger partial charge in [0, 0.05) is 39.5 Å². The van der Waals surface area contributed by atoms with Crippen LogP contribution in [0.4, 0.5) is 16.2 Å². The van der Waals surface area contributed by atoms with Gasteiger partial charge in [-0.3, -0.25) is 0 Å². The smallest absolute Gasteiger partial charge is 0.319 e. The van der Waals surface area contributed by atoms with Crippen LogP contribution in [0.2, 0.25) is 0 Å². The molecule has 2 aromatic rings. The number of benzene rings is 2. The van der Waals surface area contributed by atoms with E-state index in [-0.39, 0.29) is 18.0 Å². The first kappa shape index (κ1) is 25.0. The third kappa shape index (κ3) is 5.57. The standard InChI is InChI=1S/C26H33N3O3S2/c1-25(2)17-31-26(32-18-25,19-10-12-20(13-11-19)29-14-5-6-15-29)16-27-24(30)28-23-21(33-3)8-7-9-22(23)34-4/h5-13H,14-18H2,1-4H3,(H2,27,28,30). The molecular weight excluding hydrogens is 466 g/mol. The van der Waals surface area contributed by atoms with Gasteiger partial charge in [-0.05, 0) is 36.8 Å². The molecule has 1 saturated heterocycles. The van der Waals surface area contributed by atoms with Crippen LogP contribution in [0.15, 0.2) is 64.4 Å². The molecule has 0 unspecified atom stereocenters. The molecule has 2 amide bonds. The number of carbonyl (C=O) groups excluding carboxylic acids is 1. The van der Waals surface area contributed by atoms with Crippen LogP contribution >= 0.6 is 23.5 Å². The number of hydrogen-bond donors (Lipinski definition) is 2. The number of nitrogens with one attached hydrogen (secondary N) is 2. The number of para-hydroxylation sites is 1. The minimum Gasteiger partial charge on any atom is -0.364 e. The van der Waals surface area contributed by atoms with Gasteiger partial charge in [-0.1, -0.05) is 44.2 Å². The van der Waals surface area contributed by atoms with Crippen LogP contribution in [0.3, 0.4) is 0 Å². The second-order valence-corrected chi connectivity index (χ2v) is 11.0. The quantitative estimate of drug-likeness (QED) is 0.385. The number of carbonyl (C=O) groups is 1. The van der Waals surface area contributed by atoms with E-state index in [0.29, 0.717) is 13.2 Å². The molecule has 0 saturated carbocycles. The molecular formula is C26H33N3O3S2. The Balaban J connectivity index is 1.50. The van der Waals surface area contributed by atoms with Crippen molar-refractivity contribution < 1.29 is 14.3 Å². The molecule has 2 N–H and O–H groups in total. The van der Waals surface area contributed by atoms with Crippen molar-refractivity contribution in [3.05, 3.63) is 60.2 Å². The molecule has 34 heavy (non-hydrogen) atoms. The molecule has 2 aromatic carbocycles. The number of thioether (sulfide) groups is 2. The molecule has 182 valence electrons. The van der Waals surface area contributed by atoms with Gasteiger partial charge in [-0.2, -0.15) is 0 Å². The van der Waals surface area contributed by atoms with Crippen molar-refractivity contribution in [1.29, 1.82) is 0 Å². The molecule has 0 aliphatic carbocycles. The first-order valence-corrected chi connectivity index (χ1v) is 13.8. The predicted octanol–water partition coefficient (Wildman–Crippen LogP) is 5.55. The summed E-state index contributed by atoms with van der Waals surface area (Å²) in [5.74, 6) is -1.03. The Hall–Kier alpha value is -2.13. The van der Waals surface area contributed by atoms with Gasteiger partial charge >= 0.3 is 6.03 Å². The Bertz CT molecular complexity index is 1000. The van der Waals surface area contributed by atoms with E-state index in [1.165, 1.54) is 0 Å². The first-order chi connectivity index (χ1) is 16.4. The summed E-state index contributed by atoms with van der Waals surface area (Å²) in [6.07, 6.45) is 8.35.